The third-order valence-corrected chi connectivity index (χ3v) is 3.61. The van der Waals surface area contributed by atoms with Crippen molar-refractivity contribution in [2.75, 3.05) is 12.3 Å². The molecule has 3 rings (SSSR count). The molecule has 22 heavy (non-hydrogen) atoms. The lowest BCUT2D eigenvalue weighted by Gasteiger charge is -2.15. The molecule has 0 aliphatic carbocycles. The molecule has 0 aliphatic heterocycles. The first-order valence-corrected chi connectivity index (χ1v) is 7.35. The first kappa shape index (κ1) is 14.3. The average Bonchev–Trinajstić information content (AvgIpc) is 2.53. The number of fused-ring (bicyclic) bond motifs is 1. The summed E-state index contributed by atoms with van der Waals surface area (Å²) in [5.41, 5.74) is 8.83. The van der Waals surface area contributed by atoms with Crippen LogP contribution >= 0.6 is 0 Å². The van der Waals surface area contributed by atoms with Gasteiger partial charge in [-0.2, -0.15) is 0 Å². The Hall–Kier alpha value is -2.62. The molecule has 4 heteroatoms. The first-order valence-electron chi connectivity index (χ1n) is 7.35. The van der Waals surface area contributed by atoms with E-state index in [4.69, 9.17) is 10.5 Å². The molecule has 0 spiro atoms. The predicted octanol–water partition coefficient (Wildman–Crippen LogP) is 3.70. The number of aryl methyl sites for hydroxylation is 1. The summed E-state index contributed by atoms with van der Waals surface area (Å²) < 4.78 is 5.84. The third kappa shape index (κ3) is 3.01. The van der Waals surface area contributed by atoms with Gasteiger partial charge in [-0.1, -0.05) is 36.8 Å². The molecule has 0 radical (unpaired) electrons. The molecule has 1 unspecified atom stereocenters. The van der Waals surface area contributed by atoms with Crippen molar-refractivity contribution in [1.82, 2.24) is 9.97 Å². The SMILES string of the molecule is Cc1ccc2nc(N)nc(C(C)COc3ccccc3)c2c1. The Labute approximate surface area is 130 Å². The smallest absolute Gasteiger partial charge is 0.220 e. The van der Waals surface area contributed by atoms with Crippen LogP contribution in [0.5, 0.6) is 5.75 Å². The molecule has 1 aromatic heterocycles. The lowest BCUT2D eigenvalue weighted by atomic mass is 10.0. The minimum atomic E-state index is 0.120. The number of nitrogens with two attached hydrogens (primary N) is 1. The summed E-state index contributed by atoms with van der Waals surface area (Å²) in [7, 11) is 0. The van der Waals surface area contributed by atoms with Crippen LogP contribution in [0.3, 0.4) is 0 Å². The van der Waals surface area contributed by atoms with E-state index < -0.39 is 0 Å². The minimum absolute atomic E-state index is 0.120. The zero-order valence-corrected chi connectivity index (χ0v) is 12.8. The Bertz CT molecular complexity index is 787. The number of aromatic nitrogens is 2. The van der Waals surface area contributed by atoms with Crippen LogP contribution in [-0.4, -0.2) is 16.6 Å². The van der Waals surface area contributed by atoms with Crippen molar-refractivity contribution in [2.24, 2.45) is 0 Å². The monoisotopic (exact) mass is 293 g/mol. The van der Waals surface area contributed by atoms with Gasteiger partial charge in [-0.15, -0.1) is 0 Å². The second-order valence-corrected chi connectivity index (χ2v) is 5.51. The van der Waals surface area contributed by atoms with Crippen LogP contribution in [-0.2, 0) is 0 Å². The molecule has 0 saturated carbocycles. The Morgan fingerprint density at radius 2 is 1.86 bits per heavy atom. The van der Waals surface area contributed by atoms with Crippen LogP contribution in [0.1, 0.15) is 24.1 Å². The molecule has 0 fully saturated rings. The van der Waals surface area contributed by atoms with Gasteiger partial charge in [-0.05, 0) is 31.2 Å². The van der Waals surface area contributed by atoms with E-state index in [0.29, 0.717) is 12.6 Å². The van der Waals surface area contributed by atoms with Crippen molar-refractivity contribution in [3.05, 3.63) is 59.8 Å². The summed E-state index contributed by atoms with van der Waals surface area (Å²) in [5, 5.41) is 1.04. The molecule has 2 N–H and O–H groups in total. The van der Waals surface area contributed by atoms with Gasteiger partial charge < -0.3 is 10.5 Å². The molecule has 0 aliphatic rings. The standard InChI is InChI=1S/C18H19N3O/c1-12-8-9-16-15(10-12)17(21-18(19)20-16)13(2)11-22-14-6-4-3-5-7-14/h3-10,13H,11H2,1-2H3,(H2,19,20,21). The van der Waals surface area contributed by atoms with E-state index in [1.54, 1.807) is 0 Å². The first-order chi connectivity index (χ1) is 10.6. The van der Waals surface area contributed by atoms with Gasteiger partial charge in [-0.3, -0.25) is 0 Å². The number of anilines is 1. The van der Waals surface area contributed by atoms with E-state index in [0.717, 1.165) is 22.3 Å². The number of hydrogen-bond donors (Lipinski definition) is 1. The van der Waals surface area contributed by atoms with E-state index in [2.05, 4.69) is 29.9 Å². The molecule has 112 valence electrons. The lowest BCUT2D eigenvalue weighted by Crippen LogP contribution is -2.11. The highest BCUT2D eigenvalue weighted by molar-refractivity contribution is 5.83. The molecule has 4 nitrogen and oxygen atoms in total. The van der Waals surface area contributed by atoms with E-state index in [1.807, 2.05) is 42.5 Å². The summed E-state index contributed by atoms with van der Waals surface area (Å²) in [6.07, 6.45) is 0. The molecule has 1 atom stereocenters. The largest absolute Gasteiger partial charge is 0.493 e. The van der Waals surface area contributed by atoms with Crippen LogP contribution in [0.15, 0.2) is 48.5 Å². The van der Waals surface area contributed by atoms with Crippen LogP contribution in [0, 0.1) is 6.92 Å². The van der Waals surface area contributed by atoms with Gasteiger partial charge in [0.2, 0.25) is 5.95 Å². The summed E-state index contributed by atoms with van der Waals surface area (Å²) in [6, 6.07) is 15.9. The molecular formula is C18H19N3O. The van der Waals surface area contributed by atoms with Crippen LogP contribution < -0.4 is 10.5 Å². The van der Waals surface area contributed by atoms with Gasteiger partial charge in [0.25, 0.3) is 0 Å². The van der Waals surface area contributed by atoms with Crippen molar-refractivity contribution in [3.8, 4) is 5.75 Å². The van der Waals surface area contributed by atoms with Crippen molar-refractivity contribution in [3.63, 3.8) is 0 Å². The van der Waals surface area contributed by atoms with Crippen molar-refractivity contribution in [1.29, 1.82) is 0 Å². The maximum Gasteiger partial charge on any atom is 0.220 e. The van der Waals surface area contributed by atoms with Gasteiger partial charge in [0, 0.05) is 11.3 Å². The normalized spacial score (nSPS) is 12.3. The van der Waals surface area contributed by atoms with Gasteiger partial charge in [0.05, 0.1) is 17.8 Å². The molecule has 0 saturated heterocycles. The van der Waals surface area contributed by atoms with E-state index >= 15 is 0 Å². The number of rotatable bonds is 4. The Morgan fingerprint density at radius 1 is 1.09 bits per heavy atom. The predicted molar refractivity (Wildman–Crippen MR) is 89.0 cm³/mol. The lowest BCUT2D eigenvalue weighted by molar-refractivity contribution is 0.294. The second-order valence-electron chi connectivity index (χ2n) is 5.51. The van der Waals surface area contributed by atoms with Crippen molar-refractivity contribution < 1.29 is 4.74 Å². The zero-order valence-electron chi connectivity index (χ0n) is 12.8. The fraction of sp³-hybridized carbons (Fsp3) is 0.222. The van der Waals surface area contributed by atoms with Crippen LogP contribution in [0.2, 0.25) is 0 Å². The van der Waals surface area contributed by atoms with Crippen LogP contribution in [0.4, 0.5) is 5.95 Å². The van der Waals surface area contributed by atoms with E-state index in [-0.39, 0.29) is 5.92 Å². The second kappa shape index (κ2) is 6.02. The Kier molecular flexibility index (Phi) is 3.92. The van der Waals surface area contributed by atoms with Gasteiger partial charge >= 0.3 is 0 Å². The maximum atomic E-state index is 5.84. The highest BCUT2D eigenvalue weighted by Crippen LogP contribution is 2.25. The number of nitrogens with zero attached hydrogens (tertiary/aromatic N) is 2. The summed E-state index contributed by atoms with van der Waals surface area (Å²) in [4.78, 5) is 8.75. The van der Waals surface area contributed by atoms with E-state index in [1.165, 1.54) is 5.56 Å². The molecule has 3 aromatic rings. The van der Waals surface area contributed by atoms with E-state index in [9.17, 15) is 0 Å². The quantitative estimate of drug-likeness (QED) is 0.796. The van der Waals surface area contributed by atoms with Gasteiger partial charge in [0.1, 0.15) is 5.75 Å². The number of para-hydroxylation sites is 1. The Morgan fingerprint density at radius 3 is 2.64 bits per heavy atom. The Balaban J connectivity index is 1.89. The number of ether oxygens (including phenoxy) is 1. The highest BCUT2D eigenvalue weighted by Gasteiger charge is 2.14. The summed E-state index contributed by atoms with van der Waals surface area (Å²) in [6.45, 7) is 4.70. The number of hydrogen-bond acceptors (Lipinski definition) is 4. The maximum absolute atomic E-state index is 5.84. The molecule has 2 aromatic carbocycles. The molecule has 0 bridgehead atoms. The fourth-order valence-electron chi connectivity index (χ4n) is 2.48. The third-order valence-electron chi connectivity index (χ3n) is 3.61. The average molecular weight is 293 g/mol. The zero-order chi connectivity index (χ0) is 15.5. The van der Waals surface area contributed by atoms with Crippen molar-refractivity contribution in [2.45, 2.75) is 19.8 Å². The van der Waals surface area contributed by atoms with Gasteiger partial charge in [-0.25, -0.2) is 9.97 Å². The number of benzene rings is 2. The highest BCUT2D eigenvalue weighted by atomic mass is 16.5. The topological polar surface area (TPSA) is 61.0 Å². The molecule has 0 amide bonds. The molecule has 1 heterocycles. The number of nitrogen functional groups attached to an aromatic ring is 1. The van der Waals surface area contributed by atoms with Crippen LogP contribution in [0.25, 0.3) is 10.9 Å². The minimum Gasteiger partial charge on any atom is -0.493 e. The molecular weight excluding hydrogens is 274 g/mol. The summed E-state index contributed by atoms with van der Waals surface area (Å²) >= 11 is 0. The van der Waals surface area contributed by atoms with Crippen molar-refractivity contribution >= 4 is 16.9 Å². The van der Waals surface area contributed by atoms with Gasteiger partial charge in [0.15, 0.2) is 0 Å². The fourth-order valence-corrected chi connectivity index (χ4v) is 2.48. The summed E-state index contributed by atoms with van der Waals surface area (Å²) in [5.74, 6) is 1.28.